The molecule has 5 heteroatoms. The SMILES string of the molecule is CSc1ccc([C@H]2NC(=O)NC(C)=C2C(=O)c2ccccc2)cc1. The summed E-state index contributed by atoms with van der Waals surface area (Å²) in [7, 11) is 0. The van der Waals surface area contributed by atoms with Crippen LogP contribution >= 0.6 is 11.8 Å². The van der Waals surface area contributed by atoms with E-state index in [-0.39, 0.29) is 11.8 Å². The molecule has 2 aromatic rings. The van der Waals surface area contributed by atoms with E-state index >= 15 is 0 Å². The van der Waals surface area contributed by atoms with Crippen molar-refractivity contribution in [1.29, 1.82) is 0 Å². The molecular weight excluding hydrogens is 320 g/mol. The summed E-state index contributed by atoms with van der Waals surface area (Å²) < 4.78 is 0. The number of carbonyl (C=O) groups is 2. The first-order valence-corrected chi connectivity index (χ1v) is 8.84. The van der Waals surface area contributed by atoms with Crippen LogP contribution in [0.3, 0.4) is 0 Å². The fourth-order valence-corrected chi connectivity index (χ4v) is 3.19. The maximum Gasteiger partial charge on any atom is 0.319 e. The number of hydrogen-bond donors (Lipinski definition) is 2. The smallest absolute Gasteiger partial charge is 0.319 e. The fraction of sp³-hybridized carbons (Fsp3) is 0.158. The van der Waals surface area contributed by atoms with Crippen LogP contribution in [0.15, 0.2) is 70.8 Å². The van der Waals surface area contributed by atoms with Crippen LogP contribution < -0.4 is 10.6 Å². The molecule has 3 rings (SSSR count). The van der Waals surface area contributed by atoms with Crippen molar-refractivity contribution >= 4 is 23.6 Å². The molecule has 24 heavy (non-hydrogen) atoms. The van der Waals surface area contributed by atoms with Gasteiger partial charge >= 0.3 is 6.03 Å². The van der Waals surface area contributed by atoms with Crippen LogP contribution in [-0.4, -0.2) is 18.1 Å². The maximum atomic E-state index is 13.0. The van der Waals surface area contributed by atoms with Gasteiger partial charge in [0.05, 0.1) is 6.04 Å². The molecule has 2 amide bonds. The Morgan fingerprint density at radius 1 is 1.04 bits per heavy atom. The quantitative estimate of drug-likeness (QED) is 0.656. The van der Waals surface area contributed by atoms with Crippen molar-refractivity contribution < 1.29 is 9.59 Å². The normalized spacial score (nSPS) is 17.2. The van der Waals surface area contributed by atoms with Crippen LogP contribution in [0, 0.1) is 0 Å². The van der Waals surface area contributed by atoms with Gasteiger partial charge in [-0.1, -0.05) is 42.5 Å². The zero-order valence-electron chi connectivity index (χ0n) is 13.5. The first-order valence-electron chi connectivity index (χ1n) is 7.62. The molecule has 0 unspecified atom stereocenters. The van der Waals surface area contributed by atoms with Gasteiger partial charge in [-0.2, -0.15) is 0 Å². The second-order valence-electron chi connectivity index (χ2n) is 5.54. The molecule has 1 aliphatic heterocycles. The number of carbonyl (C=O) groups excluding carboxylic acids is 2. The Labute approximate surface area is 145 Å². The van der Waals surface area contributed by atoms with Crippen molar-refractivity contribution in [2.45, 2.75) is 17.9 Å². The Morgan fingerprint density at radius 3 is 2.33 bits per heavy atom. The van der Waals surface area contributed by atoms with Gasteiger partial charge in [-0.3, -0.25) is 4.79 Å². The summed E-state index contributed by atoms with van der Waals surface area (Å²) >= 11 is 1.65. The minimum atomic E-state index is -0.456. The molecular formula is C19H18N2O2S. The maximum absolute atomic E-state index is 13.0. The summed E-state index contributed by atoms with van der Waals surface area (Å²) in [5.41, 5.74) is 2.65. The Hall–Kier alpha value is -2.53. The number of hydrogen-bond acceptors (Lipinski definition) is 3. The molecule has 0 radical (unpaired) electrons. The number of nitrogens with one attached hydrogen (secondary N) is 2. The Bertz CT molecular complexity index is 798. The molecule has 2 aromatic carbocycles. The fourth-order valence-electron chi connectivity index (χ4n) is 2.79. The average molecular weight is 338 g/mol. The van der Waals surface area contributed by atoms with Gasteiger partial charge in [0.15, 0.2) is 5.78 Å². The third kappa shape index (κ3) is 3.21. The second kappa shape index (κ2) is 6.93. The number of ketones is 1. The Morgan fingerprint density at radius 2 is 1.71 bits per heavy atom. The summed E-state index contributed by atoms with van der Waals surface area (Å²) in [5, 5.41) is 5.57. The molecule has 2 N–H and O–H groups in total. The Balaban J connectivity index is 2.03. The van der Waals surface area contributed by atoms with Gasteiger partial charge in [0, 0.05) is 21.7 Å². The minimum Gasteiger partial charge on any atom is -0.327 e. The third-order valence-electron chi connectivity index (χ3n) is 4.00. The summed E-state index contributed by atoms with van der Waals surface area (Å²) in [5.74, 6) is -0.0838. The lowest BCUT2D eigenvalue weighted by Crippen LogP contribution is -2.45. The molecule has 0 bridgehead atoms. The number of benzene rings is 2. The summed E-state index contributed by atoms with van der Waals surface area (Å²) in [4.78, 5) is 26.0. The van der Waals surface area contributed by atoms with Crippen LogP contribution in [0.4, 0.5) is 4.79 Å². The van der Waals surface area contributed by atoms with Crippen LogP contribution in [0.1, 0.15) is 28.9 Å². The van der Waals surface area contributed by atoms with Gasteiger partial charge in [0.25, 0.3) is 0 Å². The standard InChI is InChI=1S/C19H18N2O2S/c1-12-16(18(22)14-6-4-3-5-7-14)17(21-19(23)20-12)13-8-10-15(24-2)11-9-13/h3-11,17H,1-2H3,(H2,20,21,23)/t17-/m1/s1. The number of Topliss-reactive ketones (excluding diaryl/α,β-unsaturated/α-hetero) is 1. The minimum absolute atomic E-state index is 0.0838. The lowest BCUT2D eigenvalue weighted by atomic mass is 9.90. The number of amides is 2. The van der Waals surface area contributed by atoms with Gasteiger partial charge in [-0.25, -0.2) is 4.79 Å². The third-order valence-corrected chi connectivity index (χ3v) is 4.74. The van der Waals surface area contributed by atoms with E-state index in [0.717, 1.165) is 10.5 Å². The molecule has 0 spiro atoms. The van der Waals surface area contributed by atoms with E-state index in [9.17, 15) is 9.59 Å². The first-order chi connectivity index (χ1) is 11.6. The van der Waals surface area contributed by atoms with Crippen molar-refractivity contribution in [3.63, 3.8) is 0 Å². The highest BCUT2D eigenvalue weighted by molar-refractivity contribution is 7.98. The van der Waals surface area contributed by atoms with Crippen LogP contribution in [0.5, 0.6) is 0 Å². The number of rotatable bonds is 4. The van der Waals surface area contributed by atoms with Crippen molar-refractivity contribution in [2.24, 2.45) is 0 Å². The van der Waals surface area contributed by atoms with Gasteiger partial charge in [0.1, 0.15) is 0 Å². The van der Waals surface area contributed by atoms with E-state index in [4.69, 9.17) is 0 Å². The van der Waals surface area contributed by atoms with E-state index < -0.39 is 6.04 Å². The molecule has 0 fully saturated rings. The summed E-state index contributed by atoms with van der Waals surface area (Å²) in [6.45, 7) is 1.76. The molecule has 122 valence electrons. The predicted octanol–water partition coefficient (Wildman–Crippen LogP) is 3.92. The van der Waals surface area contributed by atoms with Crippen LogP contribution in [0.25, 0.3) is 0 Å². The second-order valence-corrected chi connectivity index (χ2v) is 6.42. The Kier molecular flexibility index (Phi) is 4.71. The highest BCUT2D eigenvalue weighted by atomic mass is 32.2. The van der Waals surface area contributed by atoms with E-state index in [0.29, 0.717) is 16.8 Å². The van der Waals surface area contributed by atoms with Gasteiger partial charge in [-0.15, -0.1) is 11.8 Å². The highest BCUT2D eigenvalue weighted by Crippen LogP contribution is 2.30. The van der Waals surface area contributed by atoms with Gasteiger partial charge in [-0.05, 0) is 30.9 Å². The zero-order valence-corrected chi connectivity index (χ0v) is 14.3. The lowest BCUT2D eigenvalue weighted by Gasteiger charge is -2.28. The van der Waals surface area contributed by atoms with E-state index in [1.165, 1.54) is 0 Å². The van der Waals surface area contributed by atoms with Gasteiger partial charge < -0.3 is 10.6 Å². The summed E-state index contributed by atoms with van der Waals surface area (Å²) in [6.07, 6.45) is 2.01. The zero-order chi connectivity index (χ0) is 17.1. The average Bonchev–Trinajstić information content (AvgIpc) is 2.61. The number of allylic oxidation sites excluding steroid dienone is 1. The molecule has 1 atom stereocenters. The lowest BCUT2D eigenvalue weighted by molar-refractivity contribution is 0.102. The number of urea groups is 1. The van der Waals surface area contributed by atoms with E-state index in [1.54, 1.807) is 30.8 Å². The van der Waals surface area contributed by atoms with Crippen molar-refractivity contribution in [1.82, 2.24) is 10.6 Å². The molecule has 0 aliphatic carbocycles. The largest absolute Gasteiger partial charge is 0.327 e. The van der Waals surface area contributed by atoms with Crippen molar-refractivity contribution in [2.75, 3.05) is 6.26 Å². The molecule has 0 saturated carbocycles. The van der Waals surface area contributed by atoms with Crippen molar-refractivity contribution in [3.8, 4) is 0 Å². The first kappa shape index (κ1) is 16.3. The van der Waals surface area contributed by atoms with Crippen LogP contribution in [-0.2, 0) is 0 Å². The van der Waals surface area contributed by atoms with Crippen molar-refractivity contribution in [3.05, 3.63) is 77.0 Å². The van der Waals surface area contributed by atoms with Gasteiger partial charge in [0.2, 0.25) is 0 Å². The van der Waals surface area contributed by atoms with E-state index in [2.05, 4.69) is 10.6 Å². The summed E-state index contributed by atoms with van der Waals surface area (Å²) in [6, 6.07) is 16.2. The predicted molar refractivity (Wildman–Crippen MR) is 96.1 cm³/mol. The topological polar surface area (TPSA) is 58.2 Å². The molecule has 4 nitrogen and oxygen atoms in total. The van der Waals surface area contributed by atoms with Crippen LogP contribution in [0.2, 0.25) is 0 Å². The highest BCUT2D eigenvalue weighted by Gasteiger charge is 2.31. The molecule has 0 saturated heterocycles. The number of thioether (sulfide) groups is 1. The monoisotopic (exact) mass is 338 g/mol. The molecule has 1 heterocycles. The van der Waals surface area contributed by atoms with E-state index in [1.807, 2.05) is 48.7 Å². The molecule has 1 aliphatic rings. The molecule has 0 aromatic heterocycles.